The second kappa shape index (κ2) is 5.72. The van der Waals surface area contributed by atoms with Gasteiger partial charge in [0.25, 0.3) is 0 Å². The summed E-state index contributed by atoms with van der Waals surface area (Å²) in [6.07, 6.45) is 0. The van der Waals surface area contributed by atoms with Gasteiger partial charge in [-0.15, -0.1) is 0 Å². The smallest absolute Gasteiger partial charge is 0.322 e. The summed E-state index contributed by atoms with van der Waals surface area (Å²) < 4.78 is 0. The van der Waals surface area contributed by atoms with E-state index in [1.165, 1.54) is 5.56 Å². The number of hydrogen-bond donors (Lipinski definition) is 3. The van der Waals surface area contributed by atoms with E-state index in [1.54, 1.807) is 7.05 Å². The Balaban J connectivity index is 3.17. The molecule has 0 aromatic heterocycles. The van der Waals surface area contributed by atoms with Crippen LogP contribution in [0.4, 0.5) is 0 Å². The number of hydrogen-bond acceptors (Lipinski definition) is 3. The van der Waals surface area contributed by atoms with E-state index < -0.39 is 12.0 Å². The fraction of sp³-hybridized carbons (Fsp3) is 0.533. The van der Waals surface area contributed by atoms with E-state index in [0.717, 1.165) is 11.1 Å². The molecule has 1 aromatic rings. The van der Waals surface area contributed by atoms with Crippen LogP contribution >= 0.6 is 0 Å². The van der Waals surface area contributed by atoms with Crippen LogP contribution in [-0.2, 0) is 10.2 Å². The number of benzene rings is 1. The Bertz CT molecular complexity index is 464. The second-order valence-electron chi connectivity index (χ2n) is 5.95. The van der Waals surface area contributed by atoms with Gasteiger partial charge in [-0.1, -0.05) is 39.0 Å². The molecule has 2 atom stereocenters. The number of aryl methyl sites for hydroxylation is 1. The summed E-state index contributed by atoms with van der Waals surface area (Å²) in [5.74, 6) is -1.00. The summed E-state index contributed by atoms with van der Waals surface area (Å²) >= 11 is 0. The first kappa shape index (κ1) is 15.7. The van der Waals surface area contributed by atoms with Crippen molar-refractivity contribution in [3.63, 3.8) is 0 Å². The van der Waals surface area contributed by atoms with E-state index in [4.69, 9.17) is 10.8 Å². The van der Waals surface area contributed by atoms with Crippen molar-refractivity contribution >= 4 is 5.97 Å². The van der Waals surface area contributed by atoms with Gasteiger partial charge in [-0.25, -0.2) is 0 Å². The van der Waals surface area contributed by atoms with E-state index >= 15 is 0 Å². The Kier molecular flexibility index (Phi) is 4.71. The minimum absolute atomic E-state index is 0.0767. The van der Waals surface area contributed by atoms with Crippen LogP contribution in [0.2, 0.25) is 0 Å². The molecule has 0 saturated heterocycles. The SMILES string of the molecule is CNC(c1ccc(C(C)(C)C)cc1C)C(N)C(=O)O. The van der Waals surface area contributed by atoms with Gasteiger partial charge >= 0.3 is 5.97 Å². The molecule has 19 heavy (non-hydrogen) atoms. The highest BCUT2D eigenvalue weighted by molar-refractivity contribution is 5.74. The zero-order valence-corrected chi connectivity index (χ0v) is 12.3. The molecule has 0 aliphatic heterocycles. The van der Waals surface area contributed by atoms with Gasteiger partial charge in [0.15, 0.2) is 0 Å². The molecular formula is C15H24N2O2. The second-order valence-corrected chi connectivity index (χ2v) is 5.95. The van der Waals surface area contributed by atoms with Crippen LogP contribution in [0.25, 0.3) is 0 Å². The Hall–Kier alpha value is -1.39. The summed E-state index contributed by atoms with van der Waals surface area (Å²) in [6.45, 7) is 8.45. The quantitative estimate of drug-likeness (QED) is 0.777. The molecule has 0 heterocycles. The van der Waals surface area contributed by atoms with Crippen LogP contribution in [0.1, 0.15) is 43.5 Å². The largest absolute Gasteiger partial charge is 0.480 e. The van der Waals surface area contributed by atoms with Gasteiger partial charge in [0, 0.05) is 0 Å². The van der Waals surface area contributed by atoms with Crippen molar-refractivity contribution in [1.82, 2.24) is 5.32 Å². The molecule has 1 rings (SSSR count). The lowest BCUT2D eigenvalue weighted by molar-refractivity contribution is -0.139. The molecule has 1 aromatic carbocycles. The third-order valence-electron chi connectivity index (χ3n) is 3.43. The summed E-state index contributed by atoms with van der Waals surface area (Å²) in [5, 5.41) is 12.0. The number of likely N-dealkylation sites (N-methyl/N-ethyl adjacent to an activating group) is 1. The molecule has 0 saturated carbocycles. The van der Waals surface area contributed by atoms with Crippen LogP contribution in [0.3, 0.4) is 0 Å². The number of aliphatic carboxylic acids is 1. The van der Waals surface area contributed by atoms with Crippen molar-refractivity contribution in [2.45, 2.75) is 45.2 Å². The number of nitrogens with one attached hydrogen (secondary N) is 1. The molecule has 0 aliphatic rings. The van der Waals surface area contributed by atoms with Crippen LogP contribution in [0, 0.1) is 6.92 Å². The van der Waals surface area contributed by atoms with E-state index in [0.29, 0.717) is 0 Å². The first-order chi connectivity index (χ1) is 8.68. The number of rotatable bonds is 4. The molecule has 2 unspecified atom stereocenters. The Morgan fingerprint density at radius 1 is 1.37 bits per heavy atom. The molecule has 0 amide bonds. The maximum absolute atomic E-state index is 11.0. The Morgan fingerprint density at radius 3 is 2.32 bits per heavy atom. The molecule has 0 bridgehead atoms. The van der Waals surface area contributed by atoms with Crippen molar-refractivity contribution in [3.8, 4) is 0 Å². The van der Waals surface area contributed by atoms with Crippen molar-refractivity contribution in [3.05, 3.63) is 34.9 Å². The monoisotopic (exact) mass is 264 g/mol. The predicted molar refractivity (Wildman–Crippen MR) is 77.3 cm³/mol. The van der Waals surface area contributed by atoms with Crippen LogP contribution in [-0.4, -0.2) is 24.2 Å². The van der Waals surface area contributed by atoms with Crippen molar-refractivity contribution < 1.29 is 9.90 Å². The molecule has 0 spiro atoms. The van der Waals surface area contributed by atoms with Crippen molar-refractivity contribution in [1.29, 1.82) is 0 Å². The average Bonchev–Trinajstić information content (AvgIpc) is 2.30. The first-order valence-electron chi connectivity index (χ1n) is 6.45. The number of carbonyl (C=O) groups is 1. The normalized spacial score (nSPS) is 15.1. The Morgan fingerprint density at radius 2 is 1.95 bits per heavy atom. The lowest BCUT2D eigenvalue weighted by Crippen LogP contribution is -2.42. The first-order valence-corrected chi connectivity index (χ1v) is 6.45. The highest BCUT2D eigenvalue weighted by Crippen LogP contribution is 2.27. The van der Waals surface area contributed by atoms with Crippen LogP contribution < -0.4 is 11.1 Å². The maximum atomic E-state index is 11.0. The lowest BCUT2D eigenvalue weighted by Gasteiger charge is -2.25. The maximum Gasteiger partial charge on any atom is 0.322 e. The molecule has 0 aliphatic carbocycles. The predicted octanol–water partition coefficient (Wildman–Crippen LogP) is 1.96. The summed E-state index contributed by atoms with van der Waals surface area (Å²) in [4.78, 5) is 11.0. The molecule has 106 valence electrons. The number of nitrogens with two attached hydrogens (primary N) is 1. The summed E-state index contributed by atoms with van der Waals surface area (Å²) in [7, 11) is 1.73. The lowest BCUT2D eigenvalue weighted by atomic mass is 9.84. The van der Waals surface area contributed by atoms with Crippen LogP contribution in [0.15, 0.2) is 18.2 Å². The van der Waals surface area contributed by atoms with E-state index in [1.807, 2.05) is 19.1 Å². The van der Waals surface area contributed by atoms with Gasteiger partial charge in [-0.05, 0) is 36.1 Å². The van der Waals surface area contributed by atoms with Gasteiger partial charge < -0.3 is 16.2 Å². The Labute approximate surface area is 115 Å². The fourth-order valence-electron chi connectivity index (χ4n) is 2.16. The van der Waals surface area contributed by atoms with Gasteiger partial charge in [0.2, 0.25) is 0 Å². The summed E-state index contributed by atoms with van der Waals surface area (Å²) in [5.41, 5.74) is 9.03. The molecular weight excluding hydrogens is 240 g/mol. The topological polar surface area (TPSA) is 75.3 Å². The third-order valence-corrected chi connectivity index (χ3v) is 3.43. The zero-order chi connectivity index (χ0) is 14.8. The van der Waals surface area contributed by atoms with Crippen molar-refractivity contribution in [2.24, 2.45) is 5.73 Å². The third kappa shape index (κ3) is 3.55. The minimum Gasteiger partial charge on any atom is -0.480 e. The standard InChI is InChI=1S/C15H24N2O2/c1-9-8-10(15(2,3)4)6-7-11(9)13(17-5)12(16)14(18)19/h6-8,12-13,17H,16H2,1-5H3,(H,18,19). The highest BCUT2D eigenvalue weighted by atomic mass is 16.4. The van der Waals surface area contributed by atoms with Crippen LogP contribution in [0.5, 0.6) is 0 Å². The van der Waals surface area contributed by atoms with E-state index in [9.17, 15) is 4.79 Å². The van der Waals surface area contributed by atoms with E-state index in [-0.39, 0.29) is 11.5 Å². The molecule has 4 nitrogen and oxygen atoms in total. The molecule has 0 fully saturated rings. The van der Waals surface area contributed by atoms with Gasteiger partial charge in [0.05, 0.1) is 6.04 Å². The molecule has 0 radical (unpaired) electrons. The van der Waals surface area contributed by atoms with Gasteiger partial charge in [-0.2, -0.15) is 0 Å². The van der Waals surface area contributed by atoms with Crippen molar-refractivity contribution in [2.75, 3.05) is 7.05 Å². The van der Waals surface area contributed by atoms with Gasteiger partial charge in [-0.3, -0.25) is 4.79 Å². The minimum atomic E-state index is -1.00. The zero-order valence-electron chi connectivity index (χ0n) is 12.3. The number of carboxylic acid groups (broad SMARTS) is 1. The number of carboxylic acids is 1. The van der Waals surface area contributed by atoms with Gasteiger partial charge in [0.1, 0.15) is 6.04 Å². The summed E-state index contributed by atoms with van der Waals surface area (Å²) in [6, 6.07) is 4.78. The average molecular weight is 264 g/mol. The molecule has 4 heteroatoms. The highest BCUT2D eigenvalue weighted by Gasteiger charge is 2.26. The fourth-order valence-corrected chi connectivity index (χ4v) is 2.16. The van der Waals surface area contributed by atoms with E-state index in [2.05, 4.69) is 32.2 Å². The molecule has 4 N–H and O–H groups in total.